The van der Waals surface area contributed by atoms with Gasteiger partial charge in [0.15, 0.2) is 10.8 Å². The van der Waals surface area contributed by atoms with E-state index in [1.165, 1.54) is 35.1 Å². The number of anilines is 1. The van der Waals surface area contributed by atoms with Gasteiger partial charge in [-0.1, -0.05) is 96.2 Å². The van der Waals surface area contributed by atoms with Crippen LogP contribution in [0.2, 0.25) is 0 Å². The molecule has 11 nitrogen and oxygen atoms in total. The first-order chi connectivity index (χ1) is 25.6. The summed E-state index contributed by atoms with van der Waals surface area (Å²) in [5, 5.41) is 22.5. The summed E-state index contributed by atoms with van der Waals surface area (Å²) in [4.78, 5) is 51.9. The van der Waals surface area contributed by atoms with E-state index in [0.29, 0.717) is 10.9 Å². The van der Waals surface area contributed by atoms with Gasteiger partial charge in [-0.2, -0.15) is 0 Å². The average molecular weight is 788 g/mol. The molecule has 3 aliphatic rings. The number of β-lactam (4-membered cyclic amide) rings is 1. The molecule has 3 N–H and O–H groups in total. The first-order valence-corrected chi connectivity index (χ1v) is 20.8. The Bertz CT molecular complexity index is 1940. The molecule has 0 saturated carbocycles. The summed E-state index contributed by atoms with van der Waals surface area (Å²) < 4.78 is 5.38. The second kappa shape index (κ2) is 15.6. The first kappa shape index (κ1) is 37.1. The van der Waals surface area contributed by atoms with Gasteiger partial charge in [0, 0.05) is 43.6 Å². The van der Waals surface area contributed by atoms with E-state index in [1.807, 2.05) is 54.6 Å². The van der Waals surface area contributed by atoms with Crippen molar-refractivity contribution in [3.05, 3.63) is 130 Å². The lowest BCUT2D eigenvalue weighted by Gasteiger charge is -2.49. The van der Waals surface area contributed by atoms with Crippen molar-refractivity contribution in [2.75, 3.05) is 29.7 Å². The standard InChI is InChI=1S/C38H37N5O6S4/c1-37(2,48-3)49-42-28(31(44)40-29-32(45)43-30(34(46)47)26(21-52-33(29)43)35-50-19-20-51-35)27-22-53-36(39-27)41-38(23-13-7-4-8-14-23,24-15-9-5-10-16-24)25-17-11-6-12-18-25/h4-18,22,29,33,35H,19-21H2,1-3H3,(H,39,41)(H,40,44)(H,46,47)/t29?,33-/m0/s1. The van der Waals surface area contributed by atoms with Gasteiger partial charge in [-0.3, -0.25) is 14.5 Å². The highest BCUT2D eigenvalue weighted by Gasteiger charge is 2.55. The van der Waals surface area contributed by atoms with Gasteiger partial charge in [-0.05, 0) is 22.3 Å². The van der Waals surface area contributed by atoms with Crippen molar-refractivity contribution in [2.45, 2.75) is 41.2 Å². The van der Waals surface area contributed by atoms with Crippen LogP contribution in [0, 0.1) is 0 Å². The number of carbonyl (C=O) groups excluding carboxylic acids is 2. The van der Waals surface area contributed by atoms with Crippen molar-refractivity contribution >= 4 is 75.2 Å². The molecule has 1 unspecified atom stereocenters. The second-order valence-electron chi connectivity index (χ2n) is 12.8. The lowest BCUT2D eigenvalue weighted by Crippen LogP contribution is -2.71. The zero-order chi connectivity index (χ0) is 37.2. The van der Waals surface area contributed by atoms with Gasteiger partial charge < -0.3 is 25.3 Å². The van der Waals surface area contributed by atoms with Crippen LogP contribution in [0.1, 0.15) is 36.2 Å². The molecule has 1 aromatic heterocycles. The summed E-state index contributed by atoms with van der Waals surface area (Å²) in [7, 11) is 1.46. The fourth-order valence-electron chi connectivity index (χ4n) is 6.37. The molecule has 15 heteroatoms. The Balaban J connectivity index is 1.21. The molecule has 2 fully saturated rings. The van der Waals surface area contributed by atoms with Crippen LogP contribution in [-0.2, 0) is 29.5 Å². The predicted molar refractivity (Wildman–Crippen MR) is 212 cm³/mol. The smallest absolute Gasteiger partial charge is 0.352 e. The molecular weight excluding hydrogens is 751 g/mol. The number of carboxylic acid groups (broad SMARTS) is 1. The number of oxime groups is 1. The highest BCUT2D eigenvalue weighted by atomic mass is 32.2. The molecular formula is C38H37N5O6S4. The number of hydrogen-bond donors (Lipinski definition) is 3. The van der Waals surface area contributed by atoms with E-state index >= 15 is 0 Å². The number of rotatable bonds is 13. The van der Waals surface area contributed by atoms with Crippen molar-refractivity contribution in [2.24, 2.45) is 5.16 Å². The Labute approximate surface area is 324 Å². The third-order valence-corrected chi connectivity index (χ3v) is 14.3. The summed E-state index contributed by atoms with van der Waals surface area (Å²) in [6.45, 7) is 3.30. The van der Waals surface area contributed by atoms with Crippen LogP contribution in [-0.4, -0.2) is 84.6 Å². The first-order valence-electron chi connectivity index (χ1n) is 16.8. The maximum atomic E-state index is 14.1. The van der Waals surface area contributed by atoms with Gasteiger partial charge in [0.25, 0.3) is 11.8 Å². The lowest BCUT2D eigenvalue weighted by molar-refractivity contribution is -0.197. The van der Waals surface area contributed by atoms with Crippen LogP contribution in [0.15, 0.2) is 113 Å². The third-order valence-electron chi connectivity index (χ3n) is 9.12. The fraction of sp³-hybridized carbons (Fsp3) is 0.289. The van der Waals surface area contributed by atoms with Crippen LogP contribution in [0.5, 0.6) is 0 Å². The maximum absolute atomic E-state index is 14.1. The Morgan fingerprint density at radius 2 is 1.47 bits per heavy atom. The number of hydrogen-bond acceptors (Lipinski definition) is 12. The zero-order valence-corrected chi connectivity index (χ0v) is 32.3. The predicted octanol–water partition coefficient (Wildman–Crippen LogP) is 6.20. The highest BCUT2D eigenvalue weighted by Crippen LogP contribution is 2.47. The number of methoxy groups -OCH3 is 1. The molecule has 53 heavy (non-hydrogen) atoms. The van der Waals surface area contributed by atoms with Crippen LogP contribution in [0.25, 0.3) is 0 Å². The van der Waals surface area contributed by atoms with Crippen LogP contribution in [0.4, 0.5) is 5.13 Å². The van der Waals surface area contributed by atoms with E-state index in [4.69, 9.17) is 14.6 Å². The number of benzene rings is 3. The van der Waals surface area contributed by atoms with E-state index in [2.05, 4.69) is 52.2 Å². The van der Waals surface area contributed by atoms with Gasteiger partial charge >= 0.3 is 5.97 Å². The van der Waals surface area contributed by atoms with Crippen molar-refractivity contribution in [3.63, 3.8) is 0 Å². The minimum atomic E-state index is -1.18. The minimum absolute atomic E-state index is 0.00658. The molecule has 2 atom stereocenters. The normalized spacial score (nSPS) is 19.4. The van der Waals surface area contributed by atoms with Gasteiger partial charge in [0.05, 0.1) is 4.58 Å². The van der Waals surface area contributed by atoms with Crippen LogP contribution < -0.4 is 10.6 Å². The molecule has 7 rings (SSSR count). The van der Waals surface area contributed by atoms with Crippen molar-refractivity contribution in [1.29, 1.82) is 0 Å². The second-order valence-corrected chi connectivity index (χ2v) is 17.4. The zero-order valence-electron chi connectivity index (χ0n) is 29.1. The largest absolute Gasteiger partial charge is 0.477 e. The average Bonchev–Trinajstić information content (AvgIpc) is 3.90. The number of ether oxygens (including phenoxy) is 1. The number of nitrogens with zero attached hydrogens (tertiary/aromatic N) is 3. The van der Waals surface area contributed by atoms with E-state index < -0.39 is 40.5 Å². The van der Waals surface area contributed by atoms with Crippen molar-refractivity contribution in [3.8, 4) is 0 Å². The quantitative estimate of drug-likeness (QED) is 0.0469. The molecule has 2 amide bonds. The Morgan fingerprint density at radius 3 is 2.00 bits per heavy atom. The maximum Gasteiger partial charge on any atom is 0.352 e. The highest BCUT2D eigenvalue weighted by molar-refractivity contribution is 8.20. The van der Waals surface area contributed by atoms with Gasteiger partial charge in [-0.25, -0.2) is 9.78 Å². The van der Waals surface area contributed by atoms with E-state index in [1.54, 1.807) is 42.8 Å². The van der Waals surface area contributed by atoms with Crippen molar-refractivity contribution < 1.29 is 29.1 Å². The molecule has 0 radical (unpaired) electrons. The monoisotopic (exact) mass is 787 g/mol. The van der Waals surface area contributed by atoms with Gasteiger partial charge in [-0.15, -0.1) is 46.6 Å². The van der Waals surface area contributed by atoms with Gasteiger partial charge in [0.2, 0.25) is 5.79 Å². The molecule has 3 aliphatic heterocycles. The topological polar surface area (TPSA) is 142 Å². The van der Waals surface area contributed by atoms with E-state index in [0.717, 1.165) is 33.8 Å². The number of carboxylic acids is 1. The number of nitrogens with one attached hydrogen (secondary N) is 2. The molecule has 4 aromatic rings. The number of thiazole rings is 1. The van der Waals surface area contributed by atoms with Crippen LogP contribution in [0.3, 0.4) is 0 Å². The minimum Gasteiger partial charge on any atom is -0.477 e. The number of aromatic nitrogens is 1. The fourth-order valence-corrected chi connectivity index (χ4v) is 11.7. The summed E-state index contributed by atoms with van der Waals surface area (Å²) >= 11 is 6.12. The summed E-state index contributed by atoms with van der Waals surface area (Å²) in [5.74, 6) is -1.20. The SMILES string of the molecule is COC(C)(C)ON=C(C(=O)NC1C(=O)N2C(C(=O)O)=C(C3SCCS3)CS[C@@H]12)c1csc(NC(c2ccccc2)(c2ccccc2)c2ccccc2)n1. The van der Waals surface area contributed by atoms with Gasteiger partial charge in [0.1, 0.15) is 28.3 Å². The number of carbonyl (C=O) groups is 3. The molecule has 0 spiro atoms. The number of amides is 2. The van der Waals surface area contributed by atoms with E-state index in [9.17, 15) is 19.5 Å². The molecule has 4 heterocycles. The summed E-state index contributed by atoms with van der Waals surface area (Å²) in [6, 6.07) is 29.2. The summed E-state index contributed by atoms with van der Waals surface area (Å²) in [5.41, 5.74) is 2.88. The molecule has 0 aliphatic carbocycles. The lowest BCUT2D eigenvalue weighted by atomic mass is 9.77. The number of aliphatic carboxylic acids is 1. The Hall–Kier alpha value is -4.28. The number of thioether (sulfide) groups is 3. The molecule has 0 bridgehead atoms. The Morgan fingerprint density at radius 1 is 0.906 bits per heavy atom. The summed E-state index contributed by atoms with van der Waals surface area (Å²) in [6.07, 6.45) is 0. The molecule has 274 valence electrons. The van der Waals surface area contributed by atoms with E-state index in [-0.39, 0.29) is 21.7 Å². The van der Waals surface area contributed by atoms with Crippen LogP contribution >= 0.6 is 46.6 Å². The third kappa shape index (κ3) is 7.32. The molecule has 3 aromatic carbocycles. The van der Waals surface area contributed by atoms with Crippen molar-refractivity contribution in [1.82, 2.24) is 15.2 Å². The number of fused-ring (bicyclic) bond motifs is 1. The Kier molecular flexibility index (Phi) is 10.9. The molecule has 2 saturated heterocycles.